The van der Waals surface area contributed by atoms with Gasteiger partial charge in [-0.15, -0.1) is 0 Å². The number of rotatable bonds is 3. The van der Waals surface area contributed by atoms with Crippen LogP contribution in [0.3, 0.4) is 0 Å². The van der Waals surface area contributed by atoms with Gasteiger partial charge in [0.15, 0.2) is 0 Å². The molecule has 82 valence electrons. The first-order valence-corrected chi connectivity index (χ1v) is 5.35. The van der Waals surface area contributed by atoms with E-state index in [1.165, 1.54) is 7.11 Å². The first-order chi connectivity index (χ1) is 6.79. The lowest BCUT2D eigenvalue weighted by molar-refractivity contribution is 0.0971. The summed E-state index contributed by atoms with van der Waals surface area (Å²) in [5.74, 6) is 0. The van der Waals surface area contributed by atoms with E-state index in [0.29, 0.717) is 6.04 Å². The van der Waals surface area contributed by atoms with E-state index in [-0.39, 0.29) is 6.09 Å². The number of carbonyl (C=O) groups is 1. The lowest BCUT2D eigenvalue weighted by atomic mass is 10.1. The highest BCUT2D eigenvalue weighted by Gasteiger charge is 2.24. The molecule has 0 spiro atoms. The minimum atomic E-state index is -0.194. The molecule has 1 aliphatic heterocycles. The number of hydrogen-bond donors (Lipinski definition) is 1. The first-order valence-electron chi connectivity index (χ1n) is 5.35. The molecule has 14 heavy (non-hydrogen) atoms. The van der Waals surface area contributed by atoms with Gasteiger partial charge in [-0.1, -0.05) is 6.92 Å². The summed E-state index contributed by atoms with van der Waals surface area (Å²) in [6.07, 6.45) is 3.01. The molecule has 1 saturated heterocycles. The summed E-state index contributed by atoms with van der Waals surface area (Å²) in [6, 6.07) is 0.316. The van der Waals surface area contributed by atoms with Crippen molar-refractivity contribution in [1.82, 2.24) is 10.2 Å². The third-order valence-electron chi connectivity index (χ3n) is 2.59. The summed E-state index contributed by atoms with van der Waals surface area (Å²) >= 11 is 0. The molecule has 1 aliphatic rings. The van der Waals surface area contributed by atoms with Crippen LogP contribution in [0.25, 0.3) is 0 Å². The Bertz CT molecular complexity index is 179. The van der Waals surface area contributed by atoms with Crippen molar-refractivity contribution in [3.05, 3.63) is 0 Å². The molecule has 0 aromatic rings. The van der Waals surface area contributed by atoms with Gasteiger partial charge in [-0.2, -0.15) is 0 Å². The topological polar surface area (TPSA) is 41.6 Å². The summed E-state index contributed by atoms with van der Waals surface area (Å²) < 4.78 is 4.78. The molecule has 4 heteroatoms. The van der Waals surface area contributed by atoms with E-state index in [1.54, 1.807) is 0 Å². The van der Waals surface area contributed by atoms with Crippen LogP contribution in [0.1, 0.15) is 26.2 Å². The van der Waals surface area contributed by atoms with Gasteiger partial charge in [0.05, 0.1) is 7.11 Å². The molecule has 1 amide bonds. The second-order valence-electron chi connectivity index (χ2n) is 3.66. The minimum Gasteiger partial charge on any atom is -0.453 e. The Morgan fingerprint density at radius 1 is 1.64 bits per heavy atom. The zero-order chi connectivity index (χ0) is 10.4. The zero-order valence-corrected chi connectivity index (χ0v) is 9.08. The van der Waals surface area contributed by atoms with Gasteiger partial charge in [0.1, 0.15) is 0 Å². The number of nitrogens with one attached hydrogen (secondary N) is 1. The second kappa shape index (κ2) is 5.86. The van der Waals surface area contributed by atoms with E-state index in [4.69, 9.17) is 4.74 Å². The molecule has 1 atom stereocenters. The second-order valence-corrected chi connectivity index (χ2v) is 3.66. The van der Waals surface area contributed by atoms with Crippen molar-refractivity contribution < 1.29 is 9.53 Å². The average molecular weight is 200 g/mol. The van der Waals surface area contributed by atoms with Crippen LogP contribution in [0.15, 0.2) is 0 Å². The fourth-order valence-electron chi connectivity index (χ4n) is 1.88. The molecule has 1 fully saturated rings. The molecule has 1 unspecified atom stereocenters. The molecule has 0 aromatic heterocycles. The van der Waals surface area contributed by atoms with Crippen LogP contribution >= 0.6 is 0 Å². The van der Waals surface area contributed by atoms with Crippen molar-refractivity contribution in [3.63, 3.8) is 0 Å². The molecule has 1 N–H and O–H groups in total. The highest BCUT2D eigenvalue weighted by Crippen LogP contribution is 2.11. The summed E-state index contributed by atoms with van der Waals surface area (Å²) in [5, 5.41) is 3.30. The van der Waals surface area contributed by atoms with Crippen LogP contribution < -0.4 is 5.32 Å². The lowest BCUT2D eigenvalue weighted by Crippen LogP contribution is -2.48. The molecular weight excluding hydrogens is 180 g/mol. The van der Waals surface area contributed by atoms with Crippen LogP contribution in [0.4, 0.5) is 4.79 Å². The SMILES string of the molecule is CCCN(C(=O)OC)C1CCCNC1. The monoisotopic (exact) mass is 200 g/mol. The van der Waals surface area contributed by atoms with E-state index in [2.05, 4.69) is 12.2 Å². The summed E-state index contributed by atoms with van der Waals surface area (Å²) in [6.45, 7) is 4.83. The normalized spacial score (nSPS) is 21.7. The van der Waals surface area contributed by atoms with Crippen LogP contribution in [0, 0.1) is 0 Å². The fourth-order valence-corrected chi connectivity index (χ4v) is 1.88. The standard InChI is InChI=1S/C10H20N2O2/c1-3-7-12(10(13)14-2)9-5-4-6-11-8-9/h9,11H,3-8H2,1-2H3. The number of hydrogen-bond acceptors (Lipinski definition) is 3. The molecule has 1 heterocycles. The first kappa shape index (κ1) is 11.3. The molecule has 0 aliphatic carbocycles. The molecular formula is C10H20N2O2. The third-order valence-corrected chi connectivity index (χ3v) is 2.59. The fraction of sp³-hybridized carbons (Fsp3) is 0.900. The van der Waals surface area contributed by atoms with Crippen LogP contribution in [0.5, 0.6) is 0 Å². The maximum atomic E-state index is 11.5. The molecule has 0 radical (unpaired) electrons. The minimum absolute atomic E-state index is 0.194. The van der Waals surface area contributed by atoms with Gasteiger partial charge in [-0.25, -0.2) is 4.79 Å². The largest absolute Gasteiger partial charge is 0.453 e. The molecule has 4 nitrogen and oxygen atoms in total. The van der Waals surface area contributed by atoms with E-state index in [9.17, 15) is 4.79 Å². The van der Waals surface area contributed by atoms with Gasteiger partial charge >= 0.3 is 6.09 Å². The van der Waals surface area contributed by atoms with Crippen molar-refractivity contribution in [2.45, 2.75) is 32.2 Å². The van der Waals surface area contributed by atoms with Crippen molar-refractivity contribution in [2.75, 3.05) is 26.7 Å². The van der Waals surface area contributed by atoms with E-state index in [1.807, 2.05) is 4.90 Å². The van der Waals surface area contributed by atoms with Crippen LogP contribution in [-0.4, -0.2) is 43.8 Å². The summed E-state index contributed by atoms with van der Waals surface area (Å²) in [5.41, 5.74) is 0. The van der Waals surface area contributed by atoms with Crippen LogP contribution in [0.2, 0.25) is 0 Å². The van der Waals surface area contributed by atoms with E-state index >= 15 is 0 Å². The van der Waals surface area contributed by atoms with Gasteiger partial charge in [-0.05, 0) is 25.8 Å². The number of ether oxygens (including phenoxy) is 1. The Hall–Kier alpha value is -0.770. The van der Waals surface area contributed by atoms with Crippen LogP contribution in [-0.2, 0) is 4.74 Å². The lowest BCUT2D eigenvalue weighted by Gasteiger charge is -2.33. The third kappa shape index (κ3) is 2.87. The highest BCUT2D eigenvalue weighted by molar-refractivity contribution is 5.67. The highest BCUT2D eigenvalue weighted by atomic mass is 16.5. The Morgan fingerprint density at radius 3 is 2.93 bits per heavy atom. The van der Waals surface area contributed by atoms with Crippen molar-refractivity contribution in [2.24, 2.45) is 0 Å². The average Bonchev–Trinajstić information content (AvgIpc) is 2.26. The molecule has 0 aromatic carbocycles. The molecule has 0 bridgehead atoms. The Labute approximate surface area is 85.6 Å². The molecule has 1 rings (SSSR count). The maximum absolute atomic E-state index is 11.5. The van der Waals surface area contributed by atoms with Gasteiger partial charge in [0.25, 0.3) is 0 Å². The maximum Gasteiger partial charge on any atom is 0.409 e. The predicted molar refractivity (Wildman–Crippen MR) is 55.3 cm³/mol. The van der Waals surface area contributed by atoms with E-state index < -0.39 is 0 Å². The summed E-state index contributed by atoms with van der Waals surface area (Å²) in [4.78, 5) is 13.3. The van der Waals surface area contributed by atoms with Gasteiger partial charge in [-0.3, -0.25) is 0 Å². The zero-order valence-electron chi connectivity index (χ0n) is 9.08. The Kier molecular flexibility index (Phi) is 4.73. The Morgan fingerprint density at radius 2 is 2.43 bits per heavy atom. The number of methoxy groups -OCH3 is 1. The van der Waals surface area contributed by atoms with Crippen molar-refractivity contribution in [1.29, 1.82) is 0 Å². The number of carbonyl (C=O) groups excluding carboxylic acids is 1. The number of amides is 1. The van der Waals surface area contributed by atoms with Gasteiger partial charge in [0.2, 0.25) is 0 Å². The predicted octanol–water partition coefficient (Wildman–Crippen LogP) is 1.22. The van der Waals surface area contributed by atoms with Crippen molar-refractivity contribution in [3.8, 4) is 0 Å². The number of piperidine rings is 1. The van der Waals surface area contributed by atoms with Gasteiger partial charge < -0.3 is 15.0 Å². The quantitative estimate of drug-likeness (QED) is 0.744. The Balaban J connectivity index is 2.50. The number of nitrogens with zero attached hydrogens (tertiary/aromatic N) is 1. The molecule has 0 saturated carbocycles. The van der Waals surface area contributed by atoms with E-state index in [0.717, 1.165) is 38.9 Å². The van der Waals surface area contributed by atoms with Crippen molar-refractivity contribution >= 4 is 6.09 Å². The smallest absolute Gasteiger partial charge is 0.409 e. The van der Waals surface area contributed by atoms with Gasteiger partial charge in [0, 0.05) is 19.1 Å². The summed E-state index contributed by atoms with van der Waals surface area (Å²) in [7, 11) is 1.45.